The predicted octanol–water partition coefficient (Wildman–Crippen LogP) is 1.01. The van der Waals surface area contributed by atoms with Crippen molar-refractivity contribution in [3.63, 3.8) is 0 Å². The Labute approximate surface area is 83.9 Å². The zero-order chi connectivity index (χ0) is 10.1. The van der Waals surface area contributed by atoms with Crippen molar-refractivity contribution in [1.82, 2.24) is 14.6 Å². The highest BCUT2D eigenvalue weighted by Crippen LogP contribution is 2.14. The highest BCUT2D eigenvalue weighted by Gasteiger charge is 2.09. The average molecular weight is 212 g/mol. The molecule has 0 aromatic carbocycles. The van der Waals surface area contributed by atoms with Gasteiger partial charge in [-0.25, -0.2) is 9.50 Å². The Morgan fingerprint density at radius 2 is 2.43 bits per heavy atom. The van der Waals surface area contributed by atoms with Gasteiger partial charge in [0.1, 0.15) is 6.42 Å². The zero-order valence-corrected chi connectivity index (χ0v) is 7.77. The monoisotopic (exact) mass is 211 g/mol. The number of rotatable bonds is 2. The molecule has 0 bridgehead atoms. The molecule has 2 aromatic heterocycles. The van der Waals surface area contributed by atoms with E-state index in [4.69, 9.17) is 16.7 Å². The number of carboxylic acid groups (broad SMARTS) is 1. The molecule has 0 unspecified atom stereocenters. The SMILES string of the molecule is O=C(O)Cc1nc2c(Cl)cccn2n1. The highest BCUT2D eigenvalue weighted by atomic mass is 35.5. The van der Waals surface area contributed by atoms with Crippen molar-refractivity contribution in [2.24, 2.45) is 0 Å². The lowest BCUT2D eigenvalue weighted by Crippen LogP contribution is -2.01. The molecule has 0 saturated carbocycles. The van der Waals surface area contributed by atoms with Gasteiger partial charge in [-0.2, -0.15) is 5.10 Å². The number of aromatic nitrogens is 3. The molecule has 0 spiro atoms. The van der Waals surface area contributed by atoms with Crippen molar-refractivity contribution in [2.45, 2.75) is 6.42 Å². The number of pyridine rings is 1. The Morgan fingerprint density at radius 3 is 3.07 bits per heavy atom. The molecule has 0 radical (unpaired) electrons. The van der Waals surface area contributed by atoms with E-state index in [-0.39, 0.29) is 12.2 Å². The molecule has 6 heteroatoms. The number of carboxylic acids is 1. The van der Waals surface area contributed by atoms with Gasteiger partial charge in [-0.3, -0.25) is 4.79 Å². The lowest BCUT2D eigenvalue weighted by atomic mass is 10.4. The summed E-state index contributed by atoms with van der Waals surface area (Å²) in [5.41, 5.74) is 0.477. The van der Waals surface area contributed by atoms with Crippen LogP contribution in [0, 0.1) is 0 Å². The van der Waals surface area contributed by atoms with E-state index in [1.165, 1.54) is 4.52 Å². The Kier molecular flexibility index (Phi) is 2.09. The number of halogens is 1. The summed E-state index contributed by atoms with van der Waals surface area (Å²) in [7, 11) is 0. The van der Waals surface area contributed by atoms with Gasteiger partial charge in [0.15, 0.2) is 11.5 Å². The minimum Gasteiger partial charge on any atom is -0.481 e. The Bertz CT molecular complexity index is 494. The normalized spacial score (nSPS) is 10.6. The molecular weight excluding hydrogens is 206 g/mol. The standard InChI is InChI=1S/C8H6ClN3O2/c9-5-2-1-3-12-8(5)10-6(11-12)4-7(13)14/h1-3H,4H2,(H,13,14). The molecule has 14 heavy (non-hydrogen) atoms. The van der Waals surface area contributed by atoms with Crippen molar-refractivity contribution in [3.8, 4) is 0 Å². The minimum absolute atomic E-state index is 0.196. The first-order valence-electron chi connectivity index (χ1n) is 3.88. The van der Waals surface area contributed by atoms with Crippen LogP contribution < -0.4 is 0 Å². The summed E-state index contributed by atoms with van der Waals surface area (Å²) in [5.74, 6) is -0.706. The maximum Gasteiger partial charge on any atom is 0.311 e. The van der Waals surface area contributed by atoms with Crippen LogP contribution in [0.2, 0.25) is 5.02 Å². The fourth-order valence-corrected chi connectivity index (χ4v) is 1.33. The molecule has 2 rings (SSSR count). The summed E-state index contributed by atoms with van der Waals surface area (Å²) in [5, 5.41) is 12.9. The summed E-state index contributed by atoms with van der Waals surface area (Å²) in [6, 6.07) is 3.39. The van der Waals surface area contributed by atoms with Crippen molar-refractivity contribution < 1.29 is 9.90 Å². The van der Waals surface area contributed by atoms with Crippen molar-refractivity contribution >= 4 is 23.2 Å². The molecule has 0 fully saturated rings. The van der Waals surface area contributed by atoms with Crippen LogP contribution in [0.25, 0.3) is 5.65 Å². The van der Waals surface area contributed by atoms with E-state index in [9.17, 15) is 4.79 Å². The fraction of sp³-hybridized carbons (Fsp3) is 0.125. The van der Waals surface area contributed by atoms with E-state index >= 15 is 0 Å². The van der Waals surface area contributed by atoms with Crippen LogP contribution in [-0.2, 0) is 11.2 Å². The first kappa shape index (κ1) is 8.96. The van der Waals surface area contributed by atoms with Gasteiger partial charge in [0, 0.05) is 6.20 Å². The summed E-state index contributed by atoms with van der Waals surface area (Å²) in [6.45, 7) is 0. The van der Waals surface area contributed by atoms with Gasteiger partial charge in [-0.15, -0.1) is 0 Å². The first-order valence-corrected chi connectivity index (χ1v) is 4.26. The van der Waals surface area contributed by atoms with Crippen LogP contribution in [0.15, 0.2) is 18.3 Å². The minimum atomic E-state index is -0.961. The quantitative estimate of drug-likeness (QED) is 0.805. The third kappa shape index (κ3) is 1.54. The Hall–Kier alpha value is -1.62. The lowest BCUT2D eigenvalue weighted by molar-refractivity contribution is -0.136. The first-order chi connectivity index (χ1) is 6.66. The van der Waals surface area contributed by atoms with E-state index in [0.29, 0.717) is 10.7 Å². The van der Waals surface area contributed by atoms with Gasteiger partial charge in [-0.05, 0) is 12.1 Å². The summed E-state index contributed by atoms with van der Waals surface area (Å²) < 4.78 is 1.46. The molecule has 0 amide bonds. The second kappa shape index (κ2) is 3.26. The van der Waals surface area contributed by atoms with Crippen molar-refractivity contribution in [3.05, 3.63) is 29.2 Å². The van der Waals surface area contributed by atoms with Gasteiger partial charge in [0.25, 0.3) is 0 Å². The molecule has 0 aliphatic rings. The van der Waals surface area contributed by atoms with Crippen LogP contribution in [0.3, 0.4) is 0 Å². The van der Waals surface area contributed by atoms with Gasteiger partial charge >= 0.3 is 5.97 Å². The Balaban J connectivity index is 2.51. The highest BCUT2D eigenvalue weighted by molar-refractivity contribution is 6.33. The second-order valence-corrected chi connectivity index (χ2v) is 3.13. The maximum absolute atomic E-state index is 10.4. The summed E-state index contributed by atoms with van der Waals surface area (Å²) in [4.78, 5) is 14.4. The molecule has 0 aliphatic carbocycles. The third-order valence-corrected chi connectivity index (χ3v) is 1.96. The molecule has 2 heterocycles. The number of hydrogen-bond acceptors (Lipinski definition) is 3. The molecular formula is C8H6ClN3O2. The van der Waals surface area contributed by atoms with Gasteiger partial charge < -0.3 is 5.11 Å². The zero-order valence-electron chi connectivity index (χ0n) is 7.01. The van der Waals surface area contributed by atoms with E-state index in [1.807, 2.05) is 0 Å². The average Bonchev–Trinajstić information content (AvgIpc) is 2.47. The lowest BCUT2D eigenvalue weighted by Gasteiger charge is -1.90. The van der Waals surface area contributed by atoms with Gasteiger partial charge in [0.2, 0.25) is 0 Å². The molecule has 72 valence electrons. The molecule has 0 aliphatic heterocycles. The van der Waals surface area contributed by atoms with Crippen LogP contribution in [-0.4, -0.2) is 25.7 Å². The largest absolute Gasteiger partial charge is 0.481 e. The van der Waals surface area contributed by atoms with E-state index in [2.05, 4.69) is 10.1 Å². The molecule has 0 saturated heterocycles. The number of hydrogen-bond donors (Lipinski definition) is 1. The smallest absolute Gasteiger partial charge is 0.311 e. The van der Waals surface area contributed by atoms with E-state index in [1.54, 1.807) is 18.3 Å². The van der Waals surface area contributed by atoms with Gasteiger partial charge in [-0.1, -0.05) is 11.6 Å². The number of nitrogens with zero attached hydrogens (tertiary/aromatic N) is 3. The van der Waals surface area contributed by atoms with E-state index in [0.717, 1.165) is 0 Å². The second-order valence-electron chi connectivity index (χ2n) is 2.72. The van der Waals surface area contributed by atoms with Crippen LogP contribution in [0.5, 0.6) is 0 Å². The van der Waals surface area contributed by atoms with Crippen LogP contribution >= 0.6 is 11.6 Å². The topological polar surface area (TPSA) is 67.5 Å². The third-order valence-electron chi connectivity index (χ3n) is 1.67. The summed E-state index contributed by atoms with van der Waals surface area (Å²) >= 11 is 5.84. The molecule has 0 atom stereocenters. The van der Waals surface area contributed by atoms with E-state index < -0.39 is 5.97 Å². The maximum atomic E-state index is 10.4. The number of carbonyl (C=O) groups is 1. The van der Waals surface area contributed by atoms with Crippen molar-refractivity contribution in [1.29, 1.82) is 0 Å². The fourth-order valence-electron chi connectivity index (χ4n) is 1.13. The van der Waals surface area contributed by atoms with Crippen molar-refractivity contribution in [2.75, 3.05) is 0 Å². The number of fused-ring (bicyclic) bond motifs is 1. The van der Waals surface area contributed by atoms with Crippen LogP contribution in [0.4, 0.5) is 0 Å². The molecule has 2 aromatic rings. The Morgan fingerprint density at radius 1 is 1.64 bits per heavy atom. The molecule has 1 N–H and O–H groups in total. The molecule has 5 nitrogen and oxygen atoms in total. The van der Waals surface area contributed by atoms with Crippen LogP contribution in [0.1, 0.15) is 5.82 Å². The number of aliphatic carboxylic acids is 1. The predicted molar refractivity (Wildman–Crippen MR) is 49.3 cm³/mol. The van der Waals surface area contributed by atoms with Gasteiger partial charge in [0.05, 0.1) is 5.02 Å². The summed E-state index contributed by atoms with van der Waals surface area (Å²) in [6.07, 6.45) is 1.47.